The lowest BCUT2D eigenvalue weighted by Gasteiger charge is -1.96. The van der Waals surface area contributed by atoms with E-state index in [0.717, 1.165) is 0 Å². The molecule has 2 aromatic heterocycles. The van der Waals surface area contributed by atoms with E-state index < -0.39 is 5.97 Å². The number of hydrogen-bond donors (Lipinski definition) is 1. The maximum absolute atomic E-state index is 11.5. The minimum Gasteiger partial charge on any atom is -0.461 e. The first kappa shape index (κ1) is 11.5. The lowest BCUT2D eigenvalue weighted by Crippen LogP contribution is -2.07. The van der Waals surface area contributed by atoms with E-state index in [1.807, 2.05) is 0 Å². The summed E-state index contributed by atoms with van der Waals surface area (Å²) in [6.45, 7) is 1.91. The summed E-state index contributed by atoms with van der Waals surface area (Å²) in [5, 5.41) is 0.113. The van der Waals surface area contributed by atoms with E-state index in [1.54, 1.807) is 13.0 Å². The second-order valence-electron chi connectivity index (χ2n) is 3.06. The van der Waals surface area contributed by atoms with Gasteiger partial charge in [0, 0.05) is 0 Å². The van der Waals surface area contributed by atoms with Crippen LogP contribution in [0.5, 0.6) is 0 Å². The summed E-state index contributed by atoms with van der Waals surface area (Å²) < 4.78 is 14.8. The monoisotopic (exact) mass is 256 g/mol. The molecule has 0 amide bonds. The Bertz CT molecular complexity index is 546. The molecule has 0 aliphatic heterocycles. The van der Waals surface area contributed by atoms with Crippen molar-refractivity contribution in [3.05, 3.63) is 23.2 Å². The summed E-state index contributed by atoms with van der Waals surface area (Å²) in [5.41, 5.74) is 5.88. The first-order valence-electron chi connectivity index (χ1n) is 4.80. The van der Waals surface area contributed by atoms with Crippen molar-refractivity contribution in [3.63, 3.8) is 0 Å². The molecule has 90 valence electrons. The Morgan fingerprint density at radius 2 is 2.41 bits per heavy atom. The number of halogens is 1. The molecular formula is C10H9ClN2O4. The van der Waals surface area contributed by atoms with Crippen molar-refractivity contribution in [2.24, 2.45) is 0 Å². The molecule has 2 heterocycles. The number of nitrogens with two attached hydrogens (primary N) is 1. The number of aromatic nitrogens is 1. The number of anilines is 1. The maximum atomic E-state index is 11.5. The highest BCUT2D eigenvalue weighted by Crippen LogP contribution is 2.30. The molecule has 0 fully saturated rings. The number of carbonyl (C=O) groups is 1. The SMILES string of the molecule is CCOC(=O)c1nc(-c2ccoc2Cl)oc1N. The molecule has 0 saturated heterocycles. The highest BCUT2D eigenvalue weighted by Gasteiger charge is 2.22. The molecule has 17 heavy (non-hydrogen) atoms. The summed E-state index contributed by atoms with van der Waals surface area (Å²) in [5.74, 6) is -0.639. The lowest BCUT2D eigenvalue weighted by molar-refractivity contribution is 0.0521. The van der Waals surface area contributed by atoms with Crippen LogP contribution in [0.2, 0.25) is 5.22 Å². The third kappa shape index (κ3) is 2.12. The smallest absolute Gasteiger partial charge is 0.362 e. The first-order chi connectivity index (χ1) is 8.13. The van der Waals surface area contributed by atoms with Crippen LogP contribution in [0.3, 0.4) is 0 Å². The standard InChI is InChI=1S/C10H9ClN2O4/c1-2-15-10(14)6-8(12)17-9(13-6)5-3-4-16-7(5)11/h3-4H,2,12H2,1H3. The second kappa shape index (κ2) is 4.50. The predicted molar refractivity (Wildman–Crippen MR) is 59.6 cm³/mol. The molecule has 2 rings (SSSR count). The van der Waals surface area contributed by atoms with Gasteiger partial charge in [-0.05, 0) is 24.6 Å². The first-order valence-corrected chi connectivity index (χ1v) is 5.18. The molecule has 0 unspecified atom stereocenters. The summed E-state index contributed by atoms with van der Waals surface area (Å²) in [6, 6.07) is 1.56. The second-order valence-corrected chi connectivity index (χ2v) is 3.40. The molecule has 2 aromatic rings. The van der Waals surface area contributed by atoms with Gasteiger partial charge in [-0.1, -0.05) is 0 Å². The van der Waals surface area contributed by atoms with Gasteiger partial charge >= 0.3 is 5.97 Å². The van der Waals surface area contributed by atoms with Crippen LogP contribution in [-0.4, -0.2) is 17.6 Å². The molecule has 0 bridgehead atoms. The van der Waals surface area contributed by atoms with Crippen molar-refractivity contribution in [2.45, 2.75) is 6.92 Å². The van der Waals surface area contributed by atoms with Gasteiger partial charge in [0.05, 0.1) is 18.4 Å². The molecule has 0 aliphatic rings. The average molecular weight is 257 g/mol. The Morgan fingerprint density at radius 1 is 1.65 bits per heavy atom. The molecule has 2 N–H and O–H groups in total. The number of nitrogen functional groups attached to an aromatic ring is 1. The van der Waals surface area contributed by atoms with Crippen molar-refractivity contribution < 1.29 is 18.4 Å². The lowest BCUT2D eigenvalue weighted by atomic mass is 10.3. The molecule has 0 aliphatic carbocycles. The molecule has 0 aromatic carbocycles. The Kier molecular flexibility index (Phi) is 3.06. The predicted octanol–water partition coefficient (Wildman–Crippen LogP) is 2.35. The summed E-state index contributed by atoms with van der Waals surface area (Å²) in [4.78, 5) is 15.4. The normalized spacial score (nSPS) is 10.5. The zero-order valence-corrected chi connectivity index (χ0v) is 9.65. The van der Waals surface area contributed by atoms with E-state index in [1.165, 1.54) is 6.26 Å². The molecule has 0 spiro atoms. The van der Waals surface area contributed by atoms with Gasteiger partial charge < -0.3 is 19.3 Å². The largest absolute Gasteiger partial charge is 0.461 e. The van der Waals surface area contributed by atoms with E-state index in [2.05, 4.69) is 4.98 Å². The number of furan rings is 1. The minimum atomic E-state index is -0.639. The Labute approximate surface area is 101 Å². The van der Waals surface area contributed by atoms with Gasteiger partial charge in [-0.25, -0.2) is 4.79 Å². The van der Waals surface area contributed by atoms with Crippen molar-refractivity contribution in [1.82, 2.24) is 4.98 Å². The van der Waals surface area contributed by atoms with Crippen LogP contribution in [0, 0.1) is 0 Å². The molecule has 7 heteroatoms. The van der Waals surface area contributed by atoms with E-state index >= 15 is 0 Å². The van der Waals surface area contributed by atoms with Crippen molar-refractivity contribution in [1.29, 1.82) is 0 Å². The van der Waals surface area contributed by atoms with Crippen LogP contribution in [-0.2, 0) is 4.74 Å². The molecule has 0 radical (unpaired) electrons. The van der Waals surface area contributed by atoms with Crippen LogP contribution >= 0.6 is 11.6 Å². The highest BCUT2D eigenvalue weighted by molar-refractivity contribution is 6.31. The number of hydrogen-bond acceptors (Lipinski definition) is 6. The van der Waals surface area contributed by atoms with Gasteiger partial charge in [-0.2, -0.15) is 4.98 Å². The maximum Gasteiger partial charge on any atom is 0.362 e. The number of esters is 1. The van der Waals surface area contributed by atoms with E-state index in [0.29, 0.717) is 5.56 Å². The molecular weight excluding hydrogens is 248 g/mol. The number of oxazole rings is 1. The van der Waals surface area contributed by atoms with E-state index in [9.17, 15) is 4.79 Å². The Morgan fingerprint density at radius 3 is 3.00 bits per heavy atom. The van der Waals surface area contributed by atoms with Gasteiger partial charge in [-0.3, -0.25) is 0 Å². The van der Waals surface area contributed by atoms with Crippen LogP contribution in [0.4, 0.5) is 5.88 Å². The van der Waals surface area contributed by atoms with Crippen LogP contribution in [0.15, 0.2) is 21.2 Å². The minimum absolute atomic E-state index is 0.0703. The van der Waals surface area contributed by atoms with Crippen molar-refractivity contribution in [3.8, 4) is 11.5 Å². The molecule has 0 saturated carbocycles. The van der Waals surface area contributed by atoms with Gasteiger partial charge in [0.1, 0.15) is 0 Å². The highest BCUT2D eigenvalue weighted by atomic mass is 35.5. The molecule has 6 nitrogen and oxygen atoms in total. The van der Waals surface area contributed by atoms with Crippen LogP contribution in [0.1, 0.15) is 17.4 Å². The summed E-state index contributed by atoms with van der Waals surface area (Å²) in [6.07, 6.45) is 1.38. The summed E-state index contributed by atoms with van der Waals surface area (Å²) in [7, 11) is 0. The van der Waals surface area contributed by atoms with Crippen LogP contribution < -0.4 is 5.73 Å². The number of ether oxygens (including phenoxy) is 1. The average Bonchev–Trinajstić information content (AvgIpc) is 2.84. The third-order valence-electron chi connectivity index (χ3n) is 1.97. The quantitative estimate of drug-likeness (QED) is 0.848. The van der Waals surface area contributed by atoms with Gasteiger partial charge in [0.2, 0.25) is 22.7 Å². The number of nitrogens with zero attached hydrogens (tertiary/aromatic N) is 1. The van der Waals surface area contributed by atoms with Crippen molar-refractivity contribution in [2.75, 3.05) is 12.3 Å². The fraction of sp³-hybridized carbons (Fsp3) is 0.200. The van der Waals surface area contributed by atoms with Gasteiger partial charge in [-0.15, -0.1) is 0 Å². The zero-order valence-electron chi connectivity index (χ0n) is 8.90. The van der Waals surface area contributed by atoms with E-state index in [4.69, 9.17) is 30.9 Å². The van der Waals surface area contributed by atoms with Crippen molar-refractivity contribution >= 4 is 23.5 Å². The topological polar surface area (TPSA) is 91.5 Å². The number of rotatable bonds is 3. The fourth-order valence-electron chi connectivity index (χ4n) is 1.24. The molecule has 0 atom stereocenters. The number of carbonyl (C=O) groups excluding carboxylic acids is 1. The van der Waals surface area contributed by atoms with Gasteiger partial charge in [0.25, 0.3) is 0 Å². The Hall–Kier alpha value is -1.95. The summed E-state index contributed by atoms with van der Waals surface area (Å²) >= 11 is 5.75. The fourth-order valence-corrected chi connectivity index (χ4v) is 1.43. The third-order valence-corrected chi connectivity index (χ3v) is 2.26. The zero-order chi connectivity index (χ0) is 12.4. The Balaban J connectivity index is 2.37. The van der Waals surface area contributed by atoms with Gasteiger partial charge in [0.15, 0.2) is 0 Å². The van der Waals surface area contributed by atoms with E-state index in [-0.39, 0.29) is 29.3 Å². The van der Waals surface area contributed by atoms with Crippen LogP contribution in [0.25, 0.3) is 11.5 Å².